The topological polar surface area (TPSA) is 90.9 Å². The zero-order valence-electron chi connectivity index (χ0n) is 10.9. The molecule has 0 amide bonds. The molecule has 3 aliphatic rings. The zero-order valence-corrected chi connectivity index (χ0v) is 12.5. The molecule has 3 heterocycles. The van der Waals surface area contributed by atoms with E-state index >= 15 is 0 Å². The molecule has 3 saturated heterocycles. The lowest BCUT2D eigenvalue weighted by Gasteiger charge is -2.69. The molecule has 3 atom stereocenters. The quantitative estimate of drug-likeness (QED) is 0.425. The number of esters is 2. The van der Waals surface area contributed by atoms with Crippen LogP contribution in [0.15, 0.2) is 0 Å². The monoisotopic (exact) mass is 323 g/mol. The molecular weight excluding hydrogens is 310 g/mol. The van der Waals surface area contributed by atoms with Crippen molar-refractivity contribution in [2.75, 3.05) is 13.7 Å². The van der Waals surface area contributed by atoms with Gasteiger partial charge in [-0.25, -0.2) is 5.32 Å². The SMILES string of the molecule is CCOC(=O)CC(=O)SC12CC(C(Cl)C(=O)OC)(N1)O2. The van der Waals surface area contributed by atoms with Gasteiger partial charge in [0.2, 0.25) is 5.12 Å². The van der Waals surface area contributed by atoms with E-state index in [1.54, 1.807) is 6.92 Å². The molecule has 0 aromatic rings. The summed E-state index contributed by atoms with van der Waals surface area (Å²) in [5, 5.41) is 0.691. The predicted molar refractivity (Wildman–Crippen MR) is 69.8 cm³/mol. The minimum atomic E-state index is -0.977. The number of halogens is 1. The molecule has 0 aliphatic carbocycles. The molecule has 0 aromatic carbocycles. The van der Waals surface area contributed by atoms with Gasteiger partial charge in [-0.1, -0.05) is 0 Å². The molecule has 0 aromatic heterocycles. The van der Waals surface area contributed by atoms with Gasteiger partial charge in [-0.3, -0.25) is 14.4 Å². The summed E-state index contributed by atoms with van der Waals surface area (Å²) in [6.45, 7) is 1.89. The summed E-state index contributed by atoms with van der Waals surface area (Å²) in [4.78, 5) is 34.1. The molecule has 7 nitrogen and oxygen atoms in total. The van der Waals surface area contributed by atoms with Crippen LogP contribution in [0, 0.1) is 0 Å². The van der Waals surface area contributed by atoms with Gasteiger partial charge in [0, 0.05) is 6.42 Å². The summed E-state index contributed by atoms with van der Waals surface area (Å²) in [5.41, 5.74) is -0.966. The van der Waals surface area contributed by atoms with Crippen molar-refractivity contribution in [1.82, 2.24) is 5.32 Å². The summed E-state index contributed by atoms with van der Waals surface area (Å²) in [7, 11) is 1.23. The Hall–Kier alpha value is -0.830. The summed E-state index contributed by atoms with van der Waals surface area (Å²) in [6.07, 6.45) is 0.0715. The molecule has 3 fully saturated rings. The first kappa shape index (κ1) is 15.6. The lowest BCUT2D eigenvalue weighted by molar-refractivity contribution is -0.375. The molecule has 3 aliphatic heterocycles. The first-order valence-electron chi connectivity index (χ1n) is 5.95. The van der Waals surface area contributed by atoms with E-state index in [-0.39, 0.29) is 18.1 Å². The fourth-order valence-electron chi connectivity index (χ4n) is 2.07. The first-order valence-corrected chi connectivity index (χ1v) is 7.20. The van der Waals surface area contributed by atoms with E-state index < -0.39 is 28.1 Å². The normalized spacial score (nSPS) is 31.6. The van der Waals surface area contributed by atoms with Crippen LogP contribution in [0.5, 0.6) is 0 Å². The van der Waals surface area contributed by atoms with Crippen LogP contribution in [-0.2, 0) is 28.6 Å². The van der Waals surface area contributed by atoms with Crippen LogP contribution in [0.1, 0.15) is 19.8 Å². The predicted octanol–water partition coefficient (Wildman–Crippen LogP) is 0.353. The van der Waals surface area contributed by atoms with Gasteiger partial charge in [0.25, 0.3) is 0 Å². The maximum absolute atomic E-state index is 11.6. The molecule has 0 spiro atoms. The average Bonchev–Trinajstić information content (AvgIpc) is 2.30. The third-order valence-electron chi connectivity index (χ3n) is 2.93. The second-order valence-electron chi connectivity index (χ2n) is 4.39. The Kier molecular flexibility index (Phi) is 4.29. The standard InChI is InChI=1S/C11H14ClNO6S/c1-3-18-6(14)4-7(15)20-11-5-10(13-11,19-11)8(12)9(16)17-2/h8,13H,3-5H2,1-2H3. The number of ether oxygens (including phenoxy) is 3. The Morgan fingerprint density at radius 1 is 1.50 bits per heavy atom. The van der Waals surface area contributed by atoms with Gasteiger partial charge in [-0.05, 0) is 18.7 Å². The van der Waals surface area contributed by atoms with Crippen molar-refractivity contribution in [2.45, 2.75) is 35.9 Å². The van der Waals surface area contributed by atoms with E-state index in [2.05, 4.69) is 14.8 Å². The fourth-order valence-corrected chi connectivity index (χ4v) is 3.60. The Labute approximate surface area is 124 Å². The number of nitrogens with one attached hydrogen (secondary N) is 1. The van der Waals surface area contributed by atoms with Crippen LogP contribution in [0.3, 0.4) is 0 Å². The van der Waals surface area contributed by atoms with Gasteiger partial charge < -0.3 is 14.2 Å². The Morgan fingerprint density at radius 3 is 2.60 bits per heavy atom. The minimum Gasteiger partial charge on any atom is -0.468 e. The number of hydrogen-bond donors (Lipinski definition) is 1. The number of hydrogen-bond acceptors (Lipinski definition) is 8. The van der Waals surface area contributed by atoms with E-state index in [9.17, 15) is 14.4 Å². The molecule has 3 rings (SSSR count). The summed E-state index contributed by atoms with van der Waals surface area (Å²) < 4.78 is 14.7. The van der Waals surface area contributed by atoms with Crippen molar-refractivity contribution >= 4 is 40.4 Å². The van der Waals surface area contributed by atoms with Gasteiger partial charge in [0.05, 0.1) is 13.7 Å². The molecule has 3 unspecified atom stereocenters. The van der Waals surface area contributed by atoms with E-state index in [4.69, 9.17) is 16.3 Å². The van der Waals surface area contributed by atoms with Gasteiger partial charge in [-0.15, -0.1) is 11.6 Å². The molecular formula is C11H14ClNO6S. The summed E-state index contributed by atoms with van der Waals surface area (Å²) in [5.74, 6) is -1.17. The number of rotatable bonds is 6. The number of carbonyl (C=O) groups excluding carboxylic acids is 3. The van der Waals surface area contributed by atoms with Crippen molar-refractivity contribution in [2.24, 2.45) is 0 Å². The molecule has 20 heavy (non-hydrogen) atoms. The second-order valence-corrected chi connectivity index (χ2v) is 6.14. The van der Waals surface area contributed by atoms with E-state index in [0.717, 1.165) is 11.8 Å². The maximum atomic E-state index is 11.6. The van der Waals surface area contributed by atoms with Crippen LogP contribution in [-0.4, -0.2) is 46.9 Å². The highest BCUT2D eigenvalue weighted by atomic mass is 35.5. The third kappa shape index (κ3) is 2.65. The van der Waals surface area contributed by atoms with Crippen molar-refractivity contribution in [1.29, 1.82) is 0 Å². The number of alkyl halides is 1. The Bertz CT molecular complexity index is 436. The number of thioether (sulfide) groups is 1. The first-order chi connectivity index (χ1) is 9.36. The number of methoxy groups -OCH3 is 1. The number of carbonyl (C=O) groups is 3. The highest BCUT2D eigenvalue weighted by Gasteiger charge is 2.75. The summed E-state index contributed by atoms with van der Waals surface area (Å²) in [6, 6.07) is 0. The van der Waals surface area contributed by atoms with Crippen molar-refractivity contribution in [3.63, 3.8) is 0 Å². The molecule has 0 saturated carbocycles. The Balaban J connectivity index is 1.78. The molecule has 9 heteroatoms. The van der Waals surface area contributed by atoms with Crippen molar-refractivity contribution in [3.8, 4) is 0 Å². The molecule has 112 valence electrons. The third-order valence-corrected chi connectivity index (χ3v) is 4.50. The molecule has 1 N–H and O–H groups in total. The average molecular weight is 324 g/mol. The van der Waals surface area contributed by atoms with E-state index in [0.29, 0.717) is 6.42 Å². The van der Waals surface area contributed by atoms with Gasteiger partial charge in [-0.2, -0.15) is 0 Å². The van der Waals surface area contributed by atoms with Crippen molar-refractivity contribution < 1.29 is 28.6 Å². The second kappa shape index (κ2) is 5.51. The van der Waals surface area contributed by atoms with Crippen LogP contribution >= 0.6 is 23.4 Å². The van der Waals surface area contributed by atoms with Crippen LogP contribution in [0.25, 0.3) is 0 Å². The highest BCUT2D eigenvalue weighted by molar-refractivity contribution is 8.14. The van der Waals surface area contributed by atoms with Gasteiger partial charge >= 0.3 is 11.9 Å². The molecule has 0 radical (unpaired) electrons. The van der Waals surface area contributed by atoms with Crippen LogP contribution in [0.2, 0.25) is 0 Å². The minimum absolute atomic E-state index is 0.229. The van der Waals surface area contributed by atoms with Gasteiger partial charge in [0.1, 0.15) is 6.42 Å². The smallest absolute Gasteiger partial charge is 0.328 e. The van der Waals surface area contributed by atoms with Crippen molar-refractivity contribution in [3.05, 3.63) is 0 Å². The fraction of sp³-hybridized carbons (Fsp3) is 0.727. The molecule has 2 bridgehead atoms. The largest absolute Gasteiger partial charge is 0.468 e. The summed E-state index contributed by atoms with van der Waals surface area (Å²) >= 11 is 6.77. The van der Waals surface area contributed by atoms with E-state index in [1.807, 2.05) is 0 Å². The Morgan fingerprint density at radius 2 is 2.10 bits per heavy atom. The van der Waals surface area contributed by atoms with Gasteiger partial charge in [0.15, 0.2) is 16.2 Å². The lowest BCUT2D eigenvalue weighted by atomic mass is 9.87. The zero-order chi connectivity index (χ0) is 15.0. The lowest BCUT2D eigenvalue weighted by Crippen LogP contribution is -2.90. The van der Waals surface area contributed by atoms with E-state index in [1.165, 1.54) is 7.11 Å². The maximum Gasteiger partial charge on any atom is 0.328 e. The van der Waals surface area contributed by atoms with Crippen LogP contribution in [0.4, 0.5) is 0 Å². The highest BCUT2D eigenvalue weighted by Crippen LogP contribution is 2.59. The van der Waals surface area contributed by atoms with Crippen LogP contribution < -0.4 is 5.32 Å².